The first kappa shape index (κ1) is 20.6. The highest BCUT2D eigenvalue weighted by molar-refractivity contribution is 6.31. The van der Waals surface area contributed by atoms with Crippen molar-refractivity contribution in [1.82, 2.24) is 19.9 Å². The molecule has 1 fully saturated rings. The highest BCUT2D eigenvalue weighted by atomic mass is 35.5. The summed E-state index contributed by atoms with van der Waals surface area (Å²) in [6.45, 7) is 2.31. The lowest BCUT2D eigenvalue weighted by molar-refractivity contribution is 0.431. The summed E-state index contributed by atoms with van der Waals surface area (Å²) in [4.78, 5) is 18.1. The fourth-order valence-corrected chi connectivity index (χ4v) is 4.30. The predicted molar refractivity (Wildman–Crippen MR) is 122 cm³/mol. The maximum Gasteiger partial charge on any atom is 0.183 e. The molecule has 5 rings (SSSR count). The summed E-state index contributed by atoms with van der Waals surface area (Å²) in [5.74, 6) is 0.116. The smallest absolute Gasteiger partial charge is 0.183 e. The molecule has 2 N–H and O–H groups in total. The molecular weight excluding hydrogens is 434 g/mol. The topological polar surface area (TPSA) is 69.7 Å². The third kappa shape index (κ3) is 4.23. The number of aromatic amines is 1. The Morgan fingerprint density at radius 3 is 2.84 bits per heavy atom. The number of rotatable bonds is 5. The number of hydrogen-bond acceptors (Lipinski definition) is 5. The Morgan fingerprint density at radius 1 is 1.16 bits per heavy atom. The molecular formula is C23H21ClF2N6. The number of nitrogens with zero attached hydrogens (tertiary/aromatic N) is 4. The fourth-order valence-electron chi connectivity index (χ4n) is 4.14. The first-order valence-electron chi connectivity index (χ1n) is 10.5. The molecule has 6 nitrogen and oxygen atoms in total. The molecule has 0 radical (unpaired) electrons. The van der Waals surface area contributed by atoms with Gasteiger partial charge in [0.2, 0.25) is 0 Å². The number of aromatic nitrogens is 4. The summed E-state index contributed by atoms with van der Waals surface area (Å²) in [5, 5.41) is 4.44. The highest BCUT2D eigenvalue weighted by Crippen LogP contribution is 2.29. The van der Waals surface area contributed by atoms with Crippen molar-refractivity contribution in [2.45, 2.75) is 12.8 Å². The van der Waals surface area contributed by atoms with Crippen LogP contribution in [0.15, 0.2) is 48.9 Å². The van der Waals surface area contributed by atoms with E-state index in [1.807, 2.05) is 0 Å². The minimum absolute atomic E-state index is 0.165. The number of halogens is 3. The van der Waals surface area contributed by atoms with Gasteiger partial charge in [0.1, 0.15) is 11.5 Å². The molecule has 32 heavy (non-hydrogen) atoms. The van der Waals surface area contributed by atoms with Gasteiger partial charge in [0.05, 0.1) is 11.2 Å². The van der Waals surface area contributed by atoms with Crippen molar-refractivity contribution in [2.24, 2.45) is 5.92 Å². The van der Waals surface area contributed by atoms with Gasteiger partial charge < -0.3 is 15.2 Å². The van der Waals surface area contributed by atoms with Crippen molar-refractivity contribution in [3.05, 3.63) is 65.6 Å². The van der Waals surface area contributed by atoms with E-state index < -0.39 is 5.82 Å². The number of piperidine rings is 1. The van der Waals surface area contributed by atoms with Crippen molar-refractivity contribution < 1.29 is 8.78 Å². The van der Waals surface area contributed by atoms with Crippen molar-refractivity contribution in [3.8, 4) is 11.4 Å². The summed E-state index contributed by atoms with van der Waals surface area (Å²) in [6.07, 6.45) is 6.52. The Hall–Kier alpha value is -3.26. The number of benzene rings is 1. The van der Waals surface area contributed by atoms with Gasteiger partial charge in [-0.05, 0) is 49.1 Å². The van der Waals surface area contributed by atoms with Crippen LogP contribution in [0.3, 0.4) is 0 Å². The second-order valence-electron chi connectivity index (χ2n) is 7.95. The number of anilines is 2. The van der Waals surface area contributed by atoms with Gasteiger partial charge in [0, 0.05) is 48.7 Å². The Morgan fingerprint density at radius 2 is 2.00 bits per heavy atom. The minimum Gasteiger partial charge on any atom is -0.371 e. The molecule has 1 aliphatic rings. The Bertz CT molecular complexity index is 1240. The average molecular weight is 455 g/mol. The molecule has 9 heteroatoms. The van der Waals surface area contributed by atoms with Crippen LogP contribution in [0, 0.1) is 17.6 Å². The zero-order valence-electron chi connectivity index (χ0n) is 17.2. The zero-order chi connectivity index (χ0) is 22.1. The third-order valence-electron chi connectivity index (χ3n) is 5.75. The van der Waals surface area contributed by atoms with Gasteiger partial charge in [-0.2, -0.15) is 0 Å². The maximum atomic E-state index is 14.4. The summed E-state index contributed by atoms with van der Waals surface area (Å²) in [5.41, 5.74) is 2.37. The Balaban J connectivity index is 1.31. The summed E-state index contributed by atoms with van der Waals surface area (Å²) in [7, 11) is 0. The van der Waals surface area contributed by atoms with Crippen LogP contribution in [0.25, 0.3) is 22.4 Å². The molecule has 0 aliphatic carbocycles. The normalized spacial score (nSPS) is 16.5. The quantitative estimate of drug-likeness (QED) is 0.429. The largest absolute Gasteiger partial charge is 0.371 e. The molecule has 164 valence electrons. The number of H-pyrrole nitrogens is 1. The fraction of sp³-hybridized carbons (Fsp3) is 0.261. The van der Waals surface area contributed by atoms with E-state index in [0.29, 0.717) is 34.5 Å². The van der Waals surface area contributed by atoms with Gasteiger partial charge in [-0.15, -0.1) is 0 Å². The SMILES string of the molecule is Fc1ccc(N2CCC[C@H](CNc3nc(-c4c[nH]c5ncc(Cl)cc45)ncc3F)C2)cc1. The molecule has 0 amide bonds. The molecule has 0 spiro atoms. The average Bonchev–Trinajstić information content (AvgIpc) is 3.22. The van der Waals surface area contributed by atoms with Crippen LogP contribution >= 0.6 is 11.6 Å². The van der Waals surface area contributed by atoms with Crippen LogP contribution in [0.1, 0.15) is 12.8 Å². The van der Waals surface area contributed by atoms with Crippen LogP contribution in [0.5, 0.6) is 0 Å². The van der Waals surface area contributed by atoms with Crippen LogP contribution in [0.4, 0.5) is 20.3 Å². The van der Waals surface area contributed by atoms with E-state index in [1.54, 1.807) is 30.6 Å². The monoisotopic (exact) mass is 454 g/mol. The number of fused-ring (bicyclic) bond motifs is 1. The summed E-state index contributed by atoms with van der Waals surface area (Å²) >= 11 is 6.08. The maximum absolute atomic E-state index is 14.4. The van der Waals surface area contributed by atoms with Crippen LogP contribution < -0.4 is 10.2 Å². The van der Waals surface area contributed by atoms with Crippen molar-refractivity contribution in [3.63, 3.8) is 0 Å². The molecule has 1 aliphatic heterocycles. The van der Waals surface area contributed by atoms with E-state index in [1.165, 1.54) is 18.3 Å². The van der Waals surface area contributed by atoms with Crippen molar-refractivity contribution >= 4 is 34.1 Å². The van der Waals surface area contributed by atoms with E-state index in [4.69, 9.17) is 11.6 Å². The predicted octanol–water partition coefficient (Wildman–Crippen LogP) is 5.28. The van der Waals surface area contributed by atoms with E-state index in [0.717, 1.165) is 37.0 Å². The van der Waals surface area contributed by atoms with Crippen molar-refractivity contribution in [1.29, 1.82) is 0 Å². The molecule has 4 heterocycles. The number of hydrogen-bond donors (Lipinski definition) is 2. The lowest BCUT2D eigenvalue weighted by atomic mass is 9.97. The molecule has 1 saturated heterocycles. The zero-order valence-corrected chi connectivity index (χ0v) is 17.9. The number of pyridine rings is 1. The first-order chi connectivity index (χ1) is 15.6. The van der Waals surface area contributed by atoms with Crippen molar-refractivity contribution in [2.75, 3.05) is 29.9 Å². The van der Waals surface area contributed by atoms with Gasteiger partial charge in [-0.3, -0.25) is 0 Å². The summed E-state index contributed by atoms with van der Waals surface area (Å²) in [6, 6.07) is 8.32. The highest BCUT2D eigenvalue weighted by Gasteiger charge is 2.21. The third-order valence-corrected chi connectivity index (χ3v) is 5.96. The molecule has 0 bridgehead atoms. The first-order valence-corrected chi connectivity index (χ1v) is 10.8. The van der Waals surface area contributed by atoms with Gasteiger partial charge in [0.25, 0.3) is 0 Å². The molecule has 4 aromatic rings. The van der Waals surface area contributed by atoms with Gasteiger partial charge >= 0.3 is 0 Å². The summed E-state index contributed by atoms with van der Waals surface area (Å²) < 4.78 is 27.7. The lowest BCUT2D eigenvalue weighted by Crippen LogP contribution is -2.38. The number of nitrogens with one attached hydrogen (secondary N) is 2. The van der Waals surface area contributed by atoms with E-state index in [2.05, 4.69) is 30.2 Å². The van der Waals surface area contributed by atoms with Gasteiger partial charge in [-0.25, -0.2) is 23.7 Å². The standard InChI is InChI=1S/C23H21ClF2N6/c24-15-8-18-19(11-29-21(18)28-10-15)22-30-12-20(26)23(31-22)27-9-14-2-1-7-32(13-14)17-5-3-16(25)4-6-17/h3-6,8,10-12,14H,1-2,7,9,13H2,(H,28,29)(H,27,30,31)/t14-/m1/s1. The van der Waals surface area contributed by atoms with Crippen LogP contribution in [-0.2, 0) is 0 Å². The molecule has 1 atom stereocenters. The van der Waals surface area contributed by atoms with E-state index in [-0.39, 0.29) is 11.6 Å². The molecule has 0 unspecified atom stereocenters. The molecule has 3 aromatic heterocycles. The molecule has 0 saturated carbocycles. The second kappa shape index (κ2) is 8.70. The van der Waals surface area contributed by atoms with Crippen LogP contribution in [-0.4, -0.2) is 39.6 Å². The van der Waals surface area contributed by atoms with Gasteiger partial charge in [-0.1, -0.05) is 11.6 Å². The van der Waals surface area contributed by atoms with Crippen LogP contribution in [0.2, 0.25) is 5.02 Å². The lowest BCUT2D eigenvalue weighted by Gasteiger charge is -2.34. The Labute approximate surface area is 188 Å². The Kier molecular flexibility index (Phi) is 5.61. The minimum atomic E-state index is -0.504. The van der Waals surface area contributed by atoms with E-state index >= 15 is 0 Å². The van der Waals surface area contributed by atoms with E-state index in [9.17, 15) is 8.78 Å². The molecule has 1 aromatic carbocycles. The second-order valence-corrected chi connectivity index (χ2v) is 8.39. The van der Waals surface area contributed by atoms with Gasteiger partial charge in [0.15, 0.2) is 17.5 Å².